The Morgan fingerprint density at radius 3 is 2.56 bits per heavy atom. The zero-order valence-electron chi connectivity index (χ0n) is 15.3. The lowest BCUT2D eigenvalue weighted by molar-refractivity contribution is 0.0703. The first-order valence-electron chi connectivity index (χ1n) is 10.1. The maximum Gasteiger partial charge on any atom is 0.169 e. The second-order valence-corrected chi connectivity index (χ2v) is 8.58. The van der Waals surface area contributed by atoms with Crippen LogP contribution in [-0.4, -0.2) is 5.78 Å². The standard InChI is InChI=1S/C26H22O/c27-25-24-15-23-19(7-4-8-22(23)18-5-2-1-3-6-18)14-20(24)11-12-26(25)16-17-9-10-21(26)13-17/h1-10,14-15,17,21H,11-13,16H2. The van der Waals surface area contributed by atoms with Gasteiger partial charge >= 0.3 is 0 Å². The first kappa shape index (κ1) is 15.4. The number of hydrogen-bond acceptors (Lipinski definition) is 1. The first-order chi connectivity index (χ1) is 13.2. The van der Waals surface area contributed by atoms with Crippen LogP contribution in [0.25, 0.3) is 21.9 Å². The molecule has 27 heavy (non-hydrogen) atoms. The number of ketones is 1. The van der Waals surface area contributed by atoms with Gasteiger partial charge in [-0.2, -0.15) is 0 Å². The van der Waals surface area contributed by atoms with Crippen molar-refractivity contribution in [1.82, 2.24) is 0 Å². The van der Waals surface area contributed by atoms with E-state index in [2.05, 4.69) is 66.7 Å². The van der Waals surface area contributed by atoms with Crippen molar-refractivity contribution in [1.29, 1.82) is 0 Å². The largest absolute Gasteiger partial charge is 0.294 e. The zero-order valence-corrected chi connectivity index (χ0v) is 15.3. The smallest absolute Gasteiger partial charge is 0.169 e. The zero-order chi connectivity index (χ0) is 18.0. The van der Waals surface area contributed by atoms with Gasteiger partial charge in [0.15, 0.2) is 5.78 Å². The van der Waals surface area contributed by atoms with E-state index in [1.165, 1.54) is 33.9 Å². The van der Waals surface area contributed by atoms with Crippen LogP contribution in [-0.2, 0) is 6.42 Å². The quantitative estimate of drug-likeness (QED) is 0.476. The molecule has 0 saturated heterocycles. The highest BCUT2D eigenvalue weighted by atomic mass is 16.1. The van der Waals surface area contributed by atoms with E-state index >= 15 is 0 Å². The number of carbonyl (C=O) groups excluding carboxylic acids is 1. The highest BCUT2D eigenvalue weighted by molar-refractivity contribution is 6.08. The second-order valence-electron chi connectivity index (χ2n) is 8.58. The number of benzene rings is 3. The predicted octanol–water partition coefficient (Wildman–Crippen LogP) is 6.22. The molecular weight excluding hydrogens is 328 g/mol. The van der Waals surface area contributed by atoms with Crippen LogP contribution in [0.4, 0.5) is 0 Å². The molecule has 0 amide bonds. The third-order valence-corrected chi connectivity index (χ3v) is 7.23. The predicted molar refractivity (Wildman–Crippen MR) is 110 cm³/mol. The van der Waals surface area contributed by atoms with Crippen molar-refractivity contribution in [3.63, 3.8) is 0 Å². The summed E-state index contributed by atoms with van der Waals surface area (Å²) in [4.78, 5) is 13.7. The normalized spacial score (nSPS) is 28.2. The summed E-state index contributed by atoms with van der Waals surface area (Å²) in [5.74, 6) is 1.49. The highest BCUT2D eigenvalue weighted by Gasteiger charge is 2.54. The maximum absolute atomic E-state index is 13.7. The Morgan fingerprint density at radius 1 is 0.889 bits per heavy atom. The average molecular weight is 350 g/mol. The van der Waals surface area contributed by atoms with E-state index in [4.69, 9.17) is 0 Å². The Kier molecular flexibility index (Phi) is 3.09. The average Bonchev–Trinajstić information content (AvgIpc) is 3.32. The topological polar surface area (TPSA) is 17.1 Å². The minimum absolute atomic E-state index is 0.123. The van der Waals surface area contributed by atoms with Gasteiger partial charge in [0.05, 0.1) is 0 Å². The maximum atomic E-state index is 13.7. The van der Waals surface area contributed by atoms with Crippen molar-refractivity contribution in [2.24, 2.45) is 17.3 Å². The van der Waals surface area contributed by atoms with Crippen LogP contribution in [0.5, 0.6) is 0 Å². The molecule has 1 saturated carbocycles. The number of Topliss-reactive ketones (excluding diaryl/α,β-unsaturated/α-hetero) is 1. The van der Waals surface area contributed by atoms with Crippen LogP contribution >= 0.6 is 0 Å². The monoisotopic (exact) mass is 350 g/mol. The Hall–Kier alpha value is -2.67. The number of fused-ring (bicyclic) bond motifs is 5. The SMILES string of the molecule is O=C1c2cc3c(-c4ccccc4)cccc3cc2CCC12CC1C=CC2C1. The molecule has 2 bridgehead atoms. The van der Waals surface area contributed by atoms with E-state index in [9.17, 15) is 4.79 Å². The number of allylic oxidation sites excluding steroid dienone is 2. The van der Waals surface area contributed by atoms with Crippen molar-refractivity contribution < 1.29 is 4.79 Å². The summed E-state index contributed by atoms with van der Waals surface area (Å²) in [7, 11) is 0. The van der Waals surface area contributed by atoms with E-state index in [-0.39, 0.29) is 5.41 Å². The van der Waals surface area contributed by atoms with E-state index in [0.29, 0.717) is 17.6 Å². The van der Waals surface area contributed by atoms with Gasteiger partial charge in [-0.25, -0.2) is 0 Å². The Labute approximate surface area is 159 Å². The number of carbonyl (C=O) groups is 1. The molecule has 0 N–H and O–H groups in total. The molecule has 3 aliphatic carbocycles. The molecule has 3 aromatic carbocycles. The third-order valence-electron chi connectivity index (χ3n) is 7.23. The van der Waals surface area contributed by atoms with Crippen molar-refractivity contribution in [2.75, 3.05) is 0 Å². The van der Waals surface area contributed by atoms with E-state index in [1.54, 1.807) is 0 Å². The molecule has 3 aliphatic rings. The van der Waals surface area contributed by atoms with E-state index < -0.39 is 0 Å². The molecule has 1 heteroatoms. The molecule has 3 aromatic rings. The first-order valence-corrected chi connectivity index (χ1v) is 10.1. The summed E-state index contributed by atoms with van der Waals surface area (Å²) in [6, 6.07) is 21.5. The van der Waals surface area contributed by atoms with Crippen LogP contribution in [0.3, 0.4) is 0 Å². The van der Waals surface area contributed by atoms with Gasteiger partial charge in [-0.1, -0.05) is 66.7 Å². The van der Waals surface area contributed by atoms with Crippen LogP contribution < -0.4 is 0 Å². The fourth-order valence-corrected chi connectivity index (χ4v) is 5.90. The van der Waals surface area contributed by atoms with Crippen molar-refractivity contribution in [3.8, 4) is 11.1 Å². The van der Waals surface area contributed by atoms with Gasteiger partial charge in [-0.15, -0.1) is 0 Å². The van der Waals surface area contributed by atoms with Crippen LogP contribution in [0.1, 0.15) is 35.2 Å². The van der Waals surface area contributed by atoms with Gasteiger partial charge in [0.2, 0.25) is 0 Å². The molecule has 1 fully saturated rings. The molecule has 3 atom stereocenters. The summed E-state index contributed by atoms with van der Waals surface area (Å²) in [6.45, 7) is 0. The van der Waals surface area contributed by atoms with Crippen molar-refractivity contribution >= 4 is 16.6 Å². The number of aryl methyl sites for hydroxylation is 1. The van der Waals surface area contributed by atoms with E-state index in [0.717, 1.165) is 24.8 Å². The third kappa shape index (κ3) is 2.09. The summed E-state index contributed by atoms with van der Waals surface area (Å²) >= 11 is 0. The van der Waals surface area contributed by atoms with Crippen molar-refractivity contribution in [2.45, 2.75) is 25.7 Å². The molecular formula is C26H22O. The van der Waals surface area contributed by atoms with Gasteiger partial charge in [0.25, 0.3) is 0 Å². The lowest BCUT2D eigenvalue weighted by Crippen LogP contribution is -2.39. The highest BCUT2D eigenvalue weighted by Crippen LogP contribution is 2.57. The molecule has 0 aliphatic heterocycles. The van der Waals surface area contributed by atoms with Gasteiger partial charge in [-0.05, 0) is 71.0 Å². The van der Waals surface area contributed by atoms with Crippen LogP contribution in [0, 0.1) is 17.3 Å². The molecule has 0 heterocycles. The van der Waals surface area contributed by atoms with Gasteiger partial charge in [0.1, 0.15) is 0 Å². The van der Waals surface area contributed by atoms with Crippen LogP contribution in [0.2, 0.25) is 0 Å². The molecule has 1 nitrogen and oxygen atoms in total. The van der Waals surface area contributed by atoms with Gasteiger partial charge < -0.3 is 0 Å². The minimum atomic E-state index is -0.123. The molecule has 132 valence electrons. The molecule has 0 radical (unpaired) electrons. The van der Waals surface area contributed by atoms with E-state index in [1.807, 2.05) is 6.07 Å². The molecule has 6 rings (SSSR count). The second kappa shape index (κ2) is 5.42. The number of hydrogen-bond donors (Lipinski definition) is 0. The minimum Gasteiger partial charge on any atom is -0.294 e. The molecule has 0 aromatic heterocycles. The Morgan fingerprint density at radius 2 is 1.78 bits per heavy atom. The Bertz CT molecular complexity index is 1110. The lowest BCUT2D eigenvalue weighted by Gasteiger charge is -2.38. The van der Waals surface area contributed by atoms with Gasteiger partial charge in [0, 0.05) is 11.0 Å². The summed E-state index contributed by atoms with van der Waals surface area (Å²) in [5.41, 5.74) is 4.54. The summed E-state index contributed by atoms with van der Waals surface area (Å²) in [5, 5.41) is 2.44. The molecule has 3 unspecified atom stereocenters. The van der Waals surface area contributed by atoms with Crippen molar-refractivity contribution in [3.05, 3.63) is 83.9 Å². The Balaban J connectivity index is 1.54. The summed E-state index contributed by atoms with van der Waals surface area (Å²) < 4.78 is 0. The molecule has 1 spiro atoms. The fraction of sp³-hybridized carbons (Fsp3) is 0.269. The summed E-state index contributed by atoms with van der Waals surface area (Å²) in [6.07, 6.45) is 8.96. The fourth-order valence-electron chi connectivity index (χ4n) is 5.90. The van der Waals surface area contributed by atoms with Gasteiger partial charge in [-0.3, -0.25) is 4.79 Å². The number of rotatable bonds is 1. The van der Waals surface area contributed by atoms with Crippen LogP contribution in [0.15, 0.2) is 72.8 Å². The lowest BCUT2D eigenvalue weighted by atomic mass is 9.63.